The molecule has 0 N–H and O–H groups in total. The molecular weight excluding hydrogens is 272 g/mol. The van der Waals surface area contributed by atoms with Gasteiger partial charge in [0.2, 0.25) is 0 Å². The molecular formula is C20H22O2. The summed E-state index contributed by atoms with van der Waals surface area (Å²) in [5.41, 5.74) is 6.16. The van der Waals surface area contributed by atoms with Crippen LogP contribution in [0.3, 0.4) is 0 Å². The molecule has 1 aliphatic rings. The fourth-order valence-electron chi connectivity index (χ4n) is 2.61. The third kappa shape index (κ3) is 3.65. The second-order valence-corrected chi connectivity index (χ2v) is 5.80. The molecule has 1 unspecified atom stereocenters. The van der Waals surface area contributed by atoms with Gasteiger partial charge in [-0.3, -0.25) is 0 Å². The number of rotatable bonds is 3. The van der Waals surface area contributed by atoms with Crippen LogP contribution in [0.5, 0.6) is 0 Å². The van der Waals surface area contributed by atoms with E-state index in [9.17, 15) is 0 Å². The first-order valence-corrected chi connectivity index (χ1v) is 7.77. The van der Waals surface area contributed by atoms with Crippen LogP contribution >= 0.6 is 0 Å². The zero-order valence-electron chi connectivity index (χ0n) is 13.2. The Bertz CT molecular complexity index is 585. The highest BCUT2D eigenvalue weighted by Crippen LogP contribution is 2.25. The molecule has 114 valence electrons. The highest BCUT2D eigenvalue weighted by atomic mass is 16.6. The van der Waals surface area contributed by atoms with E-state index in [2.05, 4.69) is 68.5 Å². The zero-order chi connectivity index (χ0) is 15.4. The van der Waals surface area contributed by atoms with Gasteiger partial charge in [-0.15, -0.1) is 0 Å². The Morgan fingerprint density at radius 2 is 1.41 bits per heavy atom. The molecule has 2 aromatic carbocycles. The fraction of sp³-hybridized carbons (Fsp3) is 0.300. The van der Waals surface area contributed by atoms with Crippen molar-refractivity contribution < 1.29 is 9.47 Å². The molecule has 0 bridgehead atoms. The molecule has 1 aliphatic heterocycles. The summed E-state index contributed by atoms with van der Waals surface area (Å²) in [6.45, 7) is 6.19. The molecule has 3 rings (SSSR count). The SMILES string of the molecule is Cc1ccc(C(=CC2COCCO2)c2ccc(C)cc2)cc1. The maximum Gasteiger partial charge on any atom is 0.0999 e. The molecule has 2 aromatic rings. The van der Waals surface area contributed by atoms with Gasteiger partial charge in [-0.2, -0.15) is 0 Å². The third-order valence-electron chi connectivity index (χ3n) is 3.92. The van der Waals surface area contributed by atoms with E-state index in [0.29, 0.717) is 19.8 Å². The molecule has 2 heteroatoms. The van der Waals surface area contributed by atoms with Crippen LogP contribution in [0.1, 0.15) is 22.3 Å². The summed E-state index contributed by atoms with van der Waals surface area (Å²) in [6.07, 6.45) is 2.21. The van der Waals surface area contributed by atoms with Crippen LogP contribution in [0.25, 0.3) is 5.57 Å². The predicted molar refractivity (Wildman–Crippen MR) is 90.0 cm³/mol. The van der Waals surface area contributed by atoms with Crippen molar-refractivity contribution in [3.8, 4) is 0 Å². The molecule has 0 amide bonds. The number of aryl methyl sites for hydroxylation is 2. The van der Waals surface area contributed by atoms with Crippen LogP contribution in [0.15, 0.2) is 54.6 Å². The van der Waals surface area contributed by atoms with Gasteiger partial charge in [0.05, 0.1) is 25.9 Å². The molecule has 1 atom stereocenters. The van der Waals surface area contributed by atoms with Crippen molar-refractivity contribution in [2.24, 2.45) is 0 Å². The topological polar surface area (TPSA) is 18.5 Å². The third-order valence-corrected chi connectivity index (χ3v) is 3.92. The Morgan fingerprint density at radius 1 is 0.864 bits per heavy atom. The maximum absolute atomic E-state index is 5.80. The summed E-state index contributed by atoms with van der Waals surface area (Å²) >= 11 is 0. The van der Waals surface area contributed by atoms with Gasteiger partial charge in [0, 0.05) is 0 Å². The number of ether oxygens (including phenoxy) is 2. The first-order chi connectivity index (χ1) is 10.7. The molecule has 0 aliphatic carbocycles. The van der Waals surface area contributed by atoms with Crippen LogP contribution in [-0.2, 0) is 9.47 Å². The summed E-state index contributed by atoms with van der Waals surface area (Å²) in [7, 11) is 0. The van der Waals surface area contributed by atoms with Crippen molar-refractivity contribution in [1.29, 1.82) is 0 Å². The molecule has 1 fully saturated rings. The molecule has 0 radical (unpaired) electrons. The number of hydrogen-bond acceptors (Lipinski definition) is 2. The van der Waals surface area contributed by atoms with E-state index < -0.39 is 0 Å². The van der Waals surface area contributed by atoms with Crippen LogP contribution < -0.4 is 0 Å². The highest BCUT2D eigenvalue weighted by Gasteiger charge is 2.14. The minimum absolute atomic E-state index is 0.0198. The van der Waals surface area contributed by atoms with Gasteiger partial charge < -0.3 is 9.47 Å². The van der Waals surface area contributed by atoms with Crippen LogP contribution in [0.4, 0.5) is 0 Å². The lowest BCUT2D eigenvalue weighted by molar-refractivity contribution is -0.0673. The second-order valence-electron chi connectivity index (χ2n) is 5.80. The normalized spacial score (nSPS) is 18.0. The standard InChI is InChI=1S/C20H22O2/c1-15-3-7-17(8-4-15)20(13-19-14-21-11-12-22-19)18-9-5-16(2)6-10-18/h3-10,13,19H,11-12,14H2,1-2H3. The van der Waals surface area contributed by atoms with E-state index in [1.165, 1.54) is 27.8 Å². The zero-order valence-corrected chi connectivity index (χ0v) is 13.2. The van der Waals surface area contributed by atoms with Gasteiger partial charge in [0.1, 0.15) is 0 Å². The molecule has 0 spiro atoms. The lowest BCUT2D eigenvalue weighted by atomic mass is 9.95. The molecule has 2 nitrogen and oxygen atoms in total. The molecule has 0 saturated carbocycles. The second kappa shape index (κ2) is 6.91. The first kappa shape index (κ1) is 15.0. The molecule has 1 heterocycles. The fourth-order valence-corrected chi connectivity index (χ4v) is 2.61. The van der Waals surface area contributed by atoms with Gasteiger partial charge in [-0.1, -0.05) is 59.7 Å². The minimum atomic E-state index is 0.0198. The molecule has 0 aromatic heterocycles. The average molecular weight is 294 g/mol. The van der Waals surface area contributed by atoms with Gasteiger partial charge in [-0.25, -0.2) is 0 Å². The van der Waals surface area contributed by atoms with Gasteiger partial charge in [-0.05, 0) is 36.6 Å². The number of hydrogen-bond donors (Lipinski definition) is 0. The lowest BCUT2D eigenvalue weighted by Crippen LogP contribution is -2.27. The van der Waals surface area contributed by atoms with Gasteiger partial charge in [0.15, 0.2) is 0 Å². The van der Waals surface area contributed by atoms with Crippen LogP contribution in [0.2, 0.25) is 0 Å². The number of benzene rings is 2. The summed E-state index contributed by atoms with van der Waals surface area (Å²) in [5.74, 6) is 0. The minimum Gasteiger partial charge on any atom is -0.376 e. The van der Waals surface area contributed by atoms with E-state index >= 15 is 0 Å². The summed E-state index contributed by atoms with van der Waals surface area (Å²) in [4.78, 5) is 0. The Balaban J connectivity index is 1.99. The van der Waals surface area contributed by atoms with E-state index in [1.807, 2.05) is 0 Å². The van der Waals surface area contributed by atoms with E-state index in [4.69, 9.17) is 9.47 Å². The molecule has 22 heavy (non-hydrogen) atoms. The van der Waals surface area contributed by atoms with Crippen LogP contribution in [-0.4, -0.2) is 25.9 Å². The average Bonchev–Trinajstić information content (AvgIpc) is 2.56. The monoisotopic (exact) mass is 294 g/mol. The smallest absolute Gasteiger partial charge is 0.0999 e. The van der Waals surface area contributed by atoms with E-state index in [1.54, 1.807) is 0 Å². The summed E-state index contributed by atoms with van der Waals surface area (Å²) in [5, 5.41) is 0. The molecule has 1 saturated heterocycles. The lowest BCUT2D eigenvalue weighted by Gasteiger charge is -2.22. The van der Waals surface area contributed by atoms with Crippen molar-refractivity contribution >= 4 is 5.57 Å². The Morgan fingerprint density at radius 3 is 1.86 bits per heavy atom. The quantitative estimate of drug-likeness (QED) is 0.846. The van der Waals surface area contributed by atoms with Gasteiger partial charge in [0.25, 0.3) is 0 Å². The summed E-state index contributed by atoms with van der Waals surface area (Å²) < 4.78 is 11.3. The van der Waals surface area contributed by atoms with Crippen molar-refractivity contribution in [1.82, 2.24) is 0 Å². The van der Waals surface area contributed by atoms with E-state index in [-0.39, 0.29) is 6.10 Å². The highest BCUT2D eigenvalue weighted by molar-refractivity contribution is 5.80. The maximum atomic E-state index is 5.80. The van der Waals surface area contributed by atoms with Crippen molar-refractivity contribution in [3.63, 3.8) is 0 Å². The largest absolute Gasteiger partial charge is 0.376 e. The van der Waals surface area contributed by atoms with Crippen molar-refractivity contribution in [2.75, 3.05) is 19.8 Å². The van der Waals surface area contributed by atoms with Crippen LogP contribution in [0, 0.1) is 13.8 Å². The Labute approximate surface area is 132 Å². The van der Waals surface area contributed by atoms with Gasteiger partial charge >= 0.3 is 0 Å². The Hall–Kier alpha value is -1.90. The van der Waals surface area contributed by atoms with Crippen molar-refractivity contribution in [2.45, 2.75) is 20.0 Å². The Kier molecular flexibility index (Phi) is 4.71. The van der Waals surface area contributed by atoms with E-state index in [0.717, 1.165) is 0 Å². The predicted octanol–water partition coefficient (Wildman–Crippen LogP) is 4.15. The first-order valence-electron chi connectivity index (χ1n) is 7.77. The summed E-state index contributed by atoms with van der Waals surface area (Å²) in [6, 6.07) is 17.3. The van der Waals surface area contributed by atoms with Crippen molar-refractivity contribution in [3.05, 3.63) is 76.9 Å².